The first kappa shape index (κ1) is 15.6. The van der Waals surface area contributed by atoms with Crippen LogP contribution in [0.25, 0.3) is 0 Å². The summed E-state index contributed by atoms with van der Waals surface area (Å²) < 4.78 is 5.44. The van der Waals surface area contributed by atoms with Gasteiger partial charge < -0.3 is 10.1 Å². The van der Waals surface area contributed by atoms with Crippen LogP contribution in [-0.4, -0.2) is 24.2 Å². The van der Waals surface area contributed by atoms with E-state index in [0.717, 1.165) is 12.1 Å². The Morgan fingerprint density at radius 1 is 1.37 bits per heavy atom. The maximum Gasteiger partial charge on any atom is 0.272 e. The molecule has 0 aliphatic rings. The van der Waals surface area contributed by atoms with Crippen molar-refractivity contribution in [3.8, 4) is 0 Å². The van der Waals surface area contributed by atoms with Gasteiger partial charge in [0, 0.05) is 24.2 Å². The van der Waals surface area contributed by atoms with Crippen molar-refractivity contribution in [1.29, 1.82) is 0 Å². The molecule has 0 saturated carbocycles. The highest BCUT2D eigenvalue weighted by Gasteiger charge is 2.13. The number of nitrogens with zero attached hydrogens (tertiary/aromatic N) is 1. The molecule has 1 aromatic carbocycles. The molecule has 0 spiro atoms. The summed E-state index contributed by atoms with van der Waals surface area (Å²) in [6.07, 6.45) is 0.220. The number of aryl methyl sites for hydroxylation is 1. The van der Waals surface area contributed by atoms with E-state index in [-0.39, 0.29) is 22.8 Å². The smallest absolute Gasteiger partial charge is 0.272 e. The minimum Gasteiger partial charge on any atom is -0.377 e. The maximum atomic E-state index is 10.9. The molecule has 0 aliphatic carbocycles. The fraction of sp³-hybridized carbons (Fsp3) is 0.571. The van der Waals surface area contributed by atoms with E-state index in [2.05, 4.69) is 5.32 Å². The fourth-order valence-electron chi connectivity index (χ4n) is 1.78. The minimum atomic E-state index is -0.340. The first-order valence-corrected chi connectivity index (χ1v) is 6.51. The Hall–Kier alpha value is -1.46. The van der Waals surface area contributed by atoms with E-state index in [9.17, 15) is 10.1 Å². The molecule has 1 aromatic rings. The summed E-state index contributed by atoms with van der Waals surface area (Å²) in [7, 11) is 0. The average molecular weight is 266 g/mol. The molecular formula is C14H22N2O3. The summed E-state index contributed by atoms with van der Waals surface area (Å²) in [6.45, 7) is 9.08. The second-order valence-electron chi connectivity index (χ2n) is 4.90. The Labute approximate surface area is 114 Å². The van der Waals surface area contributed by atoms with Gasteiger partial charge in [-0.1, -0.05) is 12.1 Å². The third-order valence-electron chi connectivity index (χ3n) is 2.93. The van der Waals surface area contributed by atoms with Gasteiger partial charge in [-0.25, -0.2) is 0 Å². The molecule has 0 fully saturated rings. The zero-order valence-corrected chi connectivity index (χ0v) is 12.0. The predicted molar refractivity (Wildman–Crippen MR) is 75.3 cm³/mol. The van der Waals surface area contributed by atoms with Crippen LogP contribution in [0.1, 0.15) is 37.9 Å². The number of nitrogens with one attached hydrogen (secondary N) is 1. The van der Waals surface area contributed by atoms with Gasteiger partial charge in [-0.2, -0.15) is 0 Å². The van der Waals surface area contributed by atoms with E-state index in [1.165, 1.54) is 0 Å². The molecule has 0 aromatic heterocycles. The number of benzene rings is 1. The van der Waals surface area contributed by atoms with Crippen LogP contribution in [0.3, 0.4) is 0 Å². The summed E-state index contributed by atoms with van der Waals surface area (Å²) in [4.78, 5) is 10.6. The summed E-state index contributed by atoms with van der Waals surface area (Å²) in [5.74, 6) is 0. The van der Waals surface area contributed by atoms with Crippen LogP contribution >= 0.6 is 0 Å². The SMILES string of the molecule is Cc1ccc(C(C)NCCOC(C)C)cc1[N+](=O)[O-]. The molecule has 5 nitrogen and oxygen atoms in total. The molecule has 0 saturated heterocycles. The Morgan fingerprint density at radius 2 is 2.05 bits per heavy atom. The summed E-state index contributed by atoms with van der Waals surface area (Å²) in [5, 5.41) is 14.2. The van der Waals surface area contributed by atoms with Crippen molar-refractivity contribution < 1.29 is 9.66 Å². The van der Waals surface area contributed by atoms with Crippen molar-refractivity contribution in [3.63, 3.8) is 0 Å². The zero-order valence-electron chi connectivity index (χ0n) is 12.0. The number of hydrogen-bond donors (Lipinski definition) is 1. The van der Waals surface area contributed by atoms with Crippen molar-refractivity contribution in [2.24, 2.45) is 0 Å². The lowest BCUT2D eigenvalue weighted by molar-refractivity contribution is -0.385. The number of rotatable bonds is 7. The van der Waals surface area contributed by atoms with Crippen molar-refractivity contribution >= 4 is 5.69 Å². The van der Waals surface area contributed by atoms with Crippen LogP contribution in [0.15, 0.2) is 18.2 Å². The van der Waals surface area contributed by atoms with Gasteiger partial charge in [-0.05, 0) is 33.3 Å². The van der Waals surface area contributed by atoms with Crippen LogP contribution in [-0.2, 0) is 4.74 Å². The van der Waals surface area contributed by atoms with Crippen LogP contribution in [0.5, 0.6) is 0 Å². The van der Waals surface area contributed by atoms with Crippen LogP contribution in [0.4, 0.5) is 5.69 Å². The summed E-state index contributed by atoms with van der Waals surface area (Å²) in [5.41, 5.74) is 1.77. The highest BCUT2D eigenvalue weighted by Crippen LogP contribution is 2.22. The fourth-order valence-corrected chi connectivity index (χ4v) is 1.78. The predicted octanol–water partition coefficient (Wildman–Crippen LogP) is 2.98. The topological polar surface area (TPSA) is 64.4 Å². The van der Waals surface area contributed by atoms with Gasteiger partial charge in [0.1, 0.15) is 0 Å². The largest absolute Gasteiger partial charge is 0.377 e. The van der Waals surface area contributed by atoms with E-state index in [1.54, 1.807) is 19.1 Å². The third-order valence-corrected chi connectivity index (χ3v) is 2.93. The Morgan fingerprint density at radius 3 is 2.63 bits per heavy atom. The second-order valence-corrected chi connectivity index (χ2v) is 4.90. The Balaban J connectivity index is 2.59. The number of hydrogen-bond acceptors (Lipinski definition) is 4. The number of nitro benzene ring substituents is 1. The highest BCUT2D eigenvalue weighted by molar-refractivity contribution is 5.43. The summed E-state index contributed by atoms with van der Waals surface area (Å²) >= 11 is 0. The quantitative estimate of drug-likeness (QED) is 0.468. The second kappa shape index (κ2) is 7.21. The molecule has 1 atom stereocenters. The molecule has 19 heavy (non-hydrogen) atoms. The monoisotopic (exact) mass is 266 g/mol. The molecule has 0 amide bonds. The first-order valence-electron chi connectivity index (χ1n) is 6.51. The van der Waals surface area contributed by atoms with Gasteiger partial charge in [-0.15, -0.1) is 0 Å². The molecule has 106 valence electrons. The third kappa shape index (κ3) is 4.96. The lowest BCUT2D eigenvalue weighted by Crippen LogP contribution is -2.24. The van der Waals surface area contributed by atoms with Crippen molar-refractivity contribution in [3.05, 3.63) is 39.4 Å². The van der Waals surface area contributed by atoms with Crippen LogP contribution < -0.4 is 5.32 Å². The molecular weight excluding hydrogens is 244 g/mol. The summed E-state index contributed by atoms with van der Waals surface area (Å²) in [6, 6.07) is 5.41. The molecule has 1 unspecified atom stereocenters. The maximum absolute atomic E-state index is 10.9. The number of nitro groups is 1. The molecule has 1 rings (SSSR count). The van der Waals surface area contributed by atoms with Gasteiger partial charge in [-0.3, -0.25) is 10.1 Å². The van der Waals surface area contributed by atoms with Crippen LogP contribution in [0.2, 0.25) is 0 Å². The average Bonchev–Trinajstić information content (AvgIpc) is 2.34. The van der Waals surface area contributed by atoms with Gasteiger partial charge >= 0.3 is 0 Å². The van der Waals surface area contributed by atoms with Gasteiger partial charge in [0.25, 0.3) is 5.69 Å². The lowest BCUT2D eigenvalue weighted by atomic mass is 10.0. The molecule has 5 heteroatoms. The minimum absolute atomic E-state index is 0.0649. The van der Waals surface area contributed by atoms with Crippen LogP contribution in [0, 0.1) is 17.0 Å². The Kier molecular flexibility index (Phi) is 5.92. The molecule has 1 N–H and O–H groups in total. The standard InChI is InChI=1S/C14H22N2O3/c1-10(2)19-8-7-15-12(4)13-6-5-11(3)14(9-13)16(17)18/h5-6,9-10,12,15H,7-8H2,1-4H3. The van der Waals surface area contributed by atoms with Crippen molar-refractivity contribution in [2.75, 3.05) is 13.2 Å². The zero-order chi connectivity index (χ0) is 14.4. The van der Waals surface area contributed by atoms with Crippen molar-refractivity contribution in [1.82, 2.24) is 5.32 Å². The lowest BCUT2D eigenvalue weighted by Gasteiger charge is -2.15. The molecule has 0 radical (unpaired) electrons. The molecule has 0 aliphatic heterocycles. The van der Waals surface area contributed by atoms with Gasteiger partial charge in [0.05, 0.1) is 17.6 Å². The van der Waals surface area contributed by atoms with Crippen molar-refractivity contribution in [2.45, 2.75) is 39.8 Å². The van der Waals surface area contributed by atoms with Gasteiger partial charge in [0.15, 0.2) is 0 Å². The van der Waals surface area contributed by atoms with E-state index >= 15 is 0 Å². The van der Waals surface area contributed by atoms with E-state index in [0.29, 0.717) is 12.2 Å². The normalized spacial score (nSPS) is 12.7. The number of ether oxygens (including phenoxy) is 1. The van der Waals surface area contributed by atoms with E-state index in [4.69, 9.17) is 4.74 Å². The van der Waals surface area contributed by atoms with E-state index < -0.39 is 0 Å². The molecule has 0 bridgehead atoms. The first-order chi connectivity index (χ1) is 8.91. The van der Waals surface area contributed by atoms with E-state index in [1.807, 2.05) is 26.8 Å². The van der Waals surface area contributed by atoms with Gasteiger partial charge in [0.2, 0.25) is 0 Å². The Bertz CT molecular complexity index is 433. The molecule has 0 heterocycles. The highest BCUT2D eigenvalue weighted by atomic mass is 16.6.